The Labute approximate surface area is 94.8 Å². The highest BCUT2D eigenvalue weighted by Gasteiger charge is 2.32. The Balaban J connectivity index is 2.01. The number of rotatable bonds is 3. The number of nitrogens with zero attached hydrogens (tertiary/aromatic N) is 2. The van der Waals surface area contributed by atoms with Crippen LogP contribution in [0.25, 0.3) is 0 Å². The van der Waals surface area contributed by atoms with Crippen molar-refractivity contribution < 1.29 is 9.13 Å². The molecule has 0 aliphatic carbocycles. The van der Waals surface area contributed by atoms with E-state index in [9.17, 15) is 4.39 Å². The van der Waals surface area contributed by atoms with Gasteiger partial charge in [-0.25, -0.2) is 4.39 Å². The minimum Gasteiger partial charge on any atom is -0.379 e. The predicted octanol–water partition coefficient (Wildman–Crippen LogP) is 0.983. The summed E-state index contributed by atoms with van der Waals surface area (Å²) in [6, 6.07) is 1.80. The number of aromatic nitrogens is 2. The molecule has 5 heteroatoms. The summed E-state index contributed by atoms with van der Waals surface area (Å²) >= 11 is 0. The van der Waals surface area contributed by atoms with Crippen LogP contribution in [0.4, 0.5) is 4.39 Å². The maximum Gasteiger partial charge on any atom is 0.153 e. The van der Waals surface area contributed by atoms with E-state index in [2.05, 4.69) is 10.4 Å². The van der Waals surface area contributed by atoms with Crippen molar-refractivity contribution in [3.8, 4) is 0 Å². The van der Waals surface area contributed by atoms with Gasteiger partial charge in [-0.15, -0.1) is 0 Å². The molecule has 0 amide bonds. The van der Waals surface area contributed by atoms with Crippen LogP contribution in [0.3, 0.4) is 0 Å². The zero-order valence-corrected chi connectivity index (χ0v) is 9.74. The highest BCUT2D eigenvalue weighted by molar-refractivity contribution is 5.10. The molecule has 1 N–H and O–H groups in total. The van der Waals surface area contributed by atoms with Crippen molar-refractivity contribution in [1.29, 1.82) is 0 Å². The van der Waals surface area contributed by atoms with Crippen LogP contribution in [0.1, 0.15) is 19.0 Å². The third-order valence-electron chi connectivity index (χ3n) is 2.88. The number of morpholine rings is 1. The van der Waals surface area contributed by atoms with Crippen LogP contribution in [-0.4, -0.2) is 35.6 Å². The van der Waals surface area contributed by atoms with E-state index in [1.807, 2.05) is 0 Å². The summed E-state index contributed by atoms with van der Waals surface area (Å²) in [5, 5.41) is 7.37. The molecule has 0 saturated carbocycles. The minimum absolute atomic E-state index is 0.0748. The van der Waals surface area contributed by atoms with Crippen LogP contribution in [0.5, 0.6) is 0 Å². The van der Waals surface area contributed by atoms with E-state index in [-0.39, 0.29) is 6.04 Å². The monoisotopic (exact) mass is 227 g/mol. The fourth-order valence-electron chi connectivity index (χ4n) is 2.01. The molecule has 0 spiro atoms. The Morgan fingerprint density at radius 2 is 2.56 bits per heavy atom. The van der Waals surface area contributed by atoms with Gasteiger partial charge in [0.1, 0.15) is 0 Å². The smallest absolute Gasteiger partial charge is 0.153 e. The van der Waals surface area contributed by atoms with Gasteiger partial charge in [0.15, 0.2) is 5.67 Å². The minimum atomic E-state index is -1.40. The molecule has 1 fully saturated rings. The third-order valence-corrected chi connectivity index (χ3v) is 2.88. The lowest BCUT2D eigenvalue weighted by Crippen LogP contribution is -2.44. The Bertz CT molecular complexity index is 345. The van der Waals surface area contributed by atoms with Crippen LogP contribution < -0.4 is 5.32 Å². The lowest BCUT2D eigenvalue weighted by molar-refractivity contribution is 0.0461. The van der Waals surface area contributed by atoms with Gasteiger partial charge in [-0.3, -0.25) is 4.68 Å². The van der Waals surface area contributed by atoms with E-state index in [1.165, 1.54) is 0 Å². The fourth-order valence-corrected chi connectivity index (χ4v) is 2.01. The second-order valence-electron chi connectivity index (χ2n) is 4.50. The molecule has 16 heavy (non-hydrogen) atoms. The molecule has 2 heterocycles. The highest BCUT2D eigenvalue weighted by atomic mass is 19.1. The number of aryl methyl sites for hydroxylation is 1. The van der Waals surface area contributed by atoms with Crippen LogP contribution in [0.15, 0.2) is 12.3 Å². The average Bonchev–Trinajstić information content (AvgIpc) is 2.66. The molecule has 1 aliphatic heterocycles. The first-order valence-corrected chi connectivity index (χ1v) is 5.58. The second-order valence-corrected chi connectivity index (χ2v) is 4.50. The van der Waals surface area contributed by atoms with Gasteiger partial charge in [-0.2, -0.15) is 5.10 Å². The SMILES string of the molecule is Cn1ccc(C(C)(F)CC2COCCN2)n1. The van der Waals surface area contributed by atoms with Gasteiger partial charge in [-0.1, -0.05) is 0 Å². The van der Waals surface area contributed by atoms with E-state index >= 15 is 0 Å². The molecule has 1 aliphatic rings. The van der Waals surface area contributed by atoms with E-state index < -0.39 is 5.67 Å². The molecule has 0 bridgehead atoms. The van der Waals surface area contributed by atoms with Crippen molar-refractivity contribution in [2.24, 2.45) is 7.05 Å². The standard InChI is InChI=1S/C11H18FN3O/c1-11(12,10-3-5-15(2)14-10)7-9-8-16-6-4-13-9/h3,5,9,13H,4,6-8H2,1-2H3. The summed E-state index contributed by atoms with van der Waals surface area (Å²) < 4.78 is 21.4. The van der Waals surface area contributed by atoms with Gasteiger partial charge in [0.05, 0.1) is 18.9 Å². The zero-order valence-electron chi connectivity index (χ0n) is 9.74. The molecule has 1 aromatic heterocycles. The predicted molar refractivity (Wildman–Crippen MR) is 58.9 cm³/mol. The van der Waals surface area contributed by atoms with Crippen molar-refractivity contribution in [2.45, 2.75) is 25.1 Å². The topological polar surface area (TPSA) is 39.1 Å². The summed E-state index contributed by atoms with van der Waals surface area (Å²) in [5.41, 5.74) is -0.915. The number of hydrogen-bond acceptors (Lipinski definition) is 3. The fraction of sp³-hybridized carbons (Fsp3) is 0.727. The number of halogens is 1. The summed E-state index contributed by atoms with van der Waals surface area (Å²) in [4.78, 5) is 0. The molecule has 90 valence electrons. The lowest BCUT2D eigenvalue weighted by Gasteiger charge is -2.28. The molecule has 1 saturated heterocycles. The quantitative estimate of drug-likeness (QED) is 0.836. The van der Waals surface area contributed by atoms with Crippen LogP contribution in [0, 0.1) is 0 Å². The summed E-state index contributed by atoms with van der Waals surface area (Å²) in [6.07, 6.45) is 2.15. The van der Waals surface area contributed by atoms with Crippen molar-refractivity contribution >= 4 is 0 Å². The normalized spacial score (nSPS) is 25.3. The van der Waals surface area contributed by atoms with E-state index in [4.69, 9.17) is 4.74 Å². The van der Waals surface area contributed by atoms with Crippen molar-refractivity contribution in [3.63, 3.8) is 0 Å². The Hall–Kier alpha value is -0.940. The Morgan fingerprint density at radius 3 is 3.12 bits per heavy atom. The van der Waals surface area contributed by atoms with Crippen LogP contribution in [-0.2, 0) is 17.5 Å². The van der Waals surface area contributed by atoms with Crippen LogP contribution in [0.2, 0.25) is 0 Å². The molecule has 2 unspecified atom stereocenters. The lowest BCUT2D eigenvalue weighted by atomic mass is 9.95. The number of ether oxygens (including phenoxy) is 1. The van der Waals surface area contributed by atoms with Crippen molar-refractivity contribution in [2.75, 3.05) is 19.8 Å². The molecule has 4 nitrogen and oxygen atoms in total. The average molecular weight is 227 g/mol. The Morgan fingerprint density at radius 1 is 1.75 bits per heavy atom. The van der Waals surface area contributed by atoms with E-state index in [0.29, 0.717) is 25.3 Å². The highest BCUT2D eigenvalue weighted by Crippen LogP contribution is 2.29. The maximum atomic E-state index is 14.4. The van der Waals surface area contributed by atoms with Crippen molar-refractivity contribution in [3.05, 3.63) is 18.0 Å². The molecule has 0 radical (unpaired) electrons. The first-order chi connectivity index (χ1) is 7.58. The molecular weight excluding hydrogens is 209 g/mol. The summed E-state index contributed by atoms with van der Waals surface area (Å²) in [6.45, 7) is 3.66. The number of alkyl halides is 1. The summed E-state index contributed by atoms with van der Waals surface area (Å²) in [5.74, 6) is 0. The molecule has 2 rings (SSSR count). The first-order valence-electron chi connectivity index (χ1n) is 5.58. The molecule has 2 atom stereocenters. The van der Waals surface area contributed by atoms with Crippen LogP contribution >= 0.6 is 0 Å². The number of hydrogen-bond donors (Lipinski definition) is 1. The van der Waals surface area contributed by atoms with Gasteiger partial charge >= 0.3 is 0 Å². The molecule has 0 aromatic carbocycles. The van der Waals surface area contributed by atoms with Gasteiger partial charge in [0.25, 0.3) is 0 Å². The van der Waals surface area contributed by atoms with Gasteiger partial charge in [0.2, 0.25) is 0 Å². The second kappa shape index (κ2) is 4.51. The number of nitrogens with one attached hydrogen (secondary N) is 1. The van der Waals surface area contributed by atoms with E-state index in [1.54, 1.807) is 30.9 Å². The van der Waals surface area contributed by atoms with Gasteiger partial charge in [0, 0.05) is 32.3 Å². The summed E-state index contributed by atoms with van der Waals surface area (Å²) in [7, 11) is 1.79. The van der Waals surface area contributed by atoms with Gasteiger partial charge in [-0.05, 0) is 13.0 Å². The van der Waals surface area contributed by atoms with Crippen molar-refractivity contribution in [1.82, 2.24) is 15.1 Å². The zero-order chi connectivity index (χ0) is 11.6. The maximum absolute atomic E-state index is 14.4. The molecular formula is C11H18FN3O. The first kappa shape index (κ1) is 11.5. The van der Waals surface area contributed by atoms with E-state index in [0.717, 1.165) is 6.54 Å². The molecule has 1 aromatic rings. The third kappa shape index (κ3) is 2.59. The largest absolute Gasteiger partial charge is 0.379 e. The Kier molecular flexibility index (Phi) is 3.25. The van der Waals surface area contributed by atoms with Gasteiger partial charge < -0.3 is 10.1 Å².